The zero-order chi connectivity index (χ0) is 10.8. The van der Waals surface area contributed by atoms with E-state index in [1.54, 1.807) is 0 Å². The molecular formula is C7H9N3O3S. The lowest BCUT2D eigenvalue weighted by Crippen LogP contribution is -2.19. The Morgan fingerprint density at radius 2 is 2.21 bits per heavy atom. The minimum absolute atomic E-state index is 0.0645. The van der Waals surface area contributed by atoms with Gasteiger partial charge in [0.1, 0.15) is 5.82 Å². The van der Waals surface area contributed by atoms with Gasteiger partial charge < -0.3 is 5.73 Å². The fourth-order valence-corrected chi connectivity index (χ4v) is 1.38. The summed E-state index contributed by atoms with van der Waals surface area (Å²) in [5.41, 5.74) is 5.28. The van der Waals surface area contributed by atoms with Gasteiger partial charge in [-0.2, -0.15) is 0 Å². The van der Waals surface area contributed by atoms with Crippen LogP contribution in [0.5, 0.6) is 0 Å². The molecule has 0 atom stereocenters. The van der Waals surface area contributed by atoms with E-state index in [-0.39, 0.29) is 17.4 Å². The molecule has 1 rings (SSSR count). The van der Waals surface area contributed by atoms with Gasteiger partial charge in [-0.25, -0.2) is 18.4 Å². The molecule has 1 aromatic rings. The number of hydrogen-bond donors (Lipinski definition) is 1. The highest BCUT2D eigenvalue weighted by atomic mass is 32.2. The Hall–Kier alpha value is -1.50. The Morgan fingerprint density at radius 1 is 1.57 bits per heavy atom. The summed E-state index contributed by atoms with van der Waals surface area (Å²) in [6.07, 6.45) is 1.24. The predicted molar refractivity (Wildman–Crippen MR) is 50.2 cm³/mol. The number of sulfone groups is 1. The van der Waals surface area contributed by atoms with Crippen LogP contribution in [0.1, 0.15) is 17.5 Å². The zero-order valence-corrected chi connectivity index (χ0v) is 8.28. The van der Waals surface area contributed by atoms with Crippen LogP contribution in [0, 0.1) is 0 Å². The van der Waals surface area contributed by atoms with Crippen LogP contribution in [0.3, 0.4) is 0 Å². The van der Waals surface area contributed by atoms with Gasteiger partial charge >= 0.3 is 5.12 Å². The number of aromatic nitrogens is 2. The summed E-state index contributed by atoms with van der Waals surface area (Å²) in [7, 11) is -3.79. The van der Waals surface area contributed by atoms with Crippen LogP contribution in [0.4, 0.5) is 5.82 Å². The first kappa shape index (κ1) is 10.6. The van der Waals surface area contributed by atoms with Crippen molar-refractivity contribution in [3.05, 3.63) is 18.1 Å². The van der Waals surface area contributed by atoms with Crippen molar-refractivity contribution >= 4 is 20.8 Å². The van der Waals surface area contributed by atoms with Crippen molar-refractivity contribution in [2.24, 2.45) is 0 Å². The van der Waals surface area contributed by atoms with E-state index in [1.165, 1.54) is 19.2 Å². The Morgan fingerprint density at radius 3 is 2.71 bits per heavy atom. The molecule has 1 aromatic heterocycles. The van der Waals surface area contributed by atoms with Gasteiger partial charge in [0.05, 0.1) is 5.75 Å². The summed E-state index contributed by atoms with van der Waals surface area (Å²) < 4.78 is 22.3. The Balaban J connectivity index is 3.14. The molecule has 6 nitrogen and oxygen atoms in total. The average molecular weight is 215 g/mol. The van der Waals surface area contributed by atoms with Gasteiger partial charge in [0, 0.05) is 6.20 Å². The molecule has 2 N–H and O–H groups in total. The minimum atomic E-state index is -3.79. The highest BCUT2D eigenvalue weighted by Crippen LogP contribution is 2.03. The van der Waals surface area contributed by atoms with Crippen LogP contribution in [0.15, 0.2) is 12.3 Å². The topological polar surface area (TPSA) is 103 Å². The molecule has 0 aliphatic rings. The number of rotatable bonds is 2. The Kier molecular flexibility index (Phi) is 2.80. The number of hydrogen-bond acceptors (Lipinski definition) is 6. The molecule has 0 radical (unpaired) electrons. The second-order valence-corrected chi connectivity index (χ2v) is 4.67. The summed E-state index contributed by atoms with van der Waals surface area (Å²) in [4.78, 5) is 18.3. The van der Waals surface area contributed by atoms with Crippen LogP contribution in [-0.4, -0.2) is 29.3 Å². The van der Waals surface area contributed by atoms with Gasteiger partial charge in [-0.3, -0.25) is 4.79 Å². The SMILES string of the molecule is CCS(=O)(=O)C(=O)c1nccc(N)n1. The van der Waals surface area contributed by atoms with Crippen LogP contribution >= 0.6 is 0 Å². The van der Waals surface area contributed by atoms with Gasteiger partial charge in [0.2, 0.25) is 15.7 Å². The van der Waals surface area contributed by atoms with Crippen LogP contribution in [-0.2, 0) is 9.84 Å². The van der Waals surface area contributed by atoms with E-state index in [1.807, 2.05) is 0 Å². The molecule has 0 aromatic carbocycles. The molecule has 0 saturated heterocycles. The maximum atomic E-state index is 11.3. The molecule has 0 spiro atoms. The van der Waals surface area contributed by atoms with Crippen molar-refractivity contribution in [2.45, 2.75) is 6.92 Å². The van der Waals surface area contributed by atoms with Gasteiger partial charge in [-0.05, 0) is 6.07 Å². The van der Waals surface area contributed by atoms with Crippen molar-refractivity contribution in [1.82, 2.24) is 9.97 Å². The lowest BCUT2D eigenvalue weighted by molar-refractivity contribution is 0.106. The monoisotopic (exact) mass is 215 g/mol. The number of nitrogen functional groups attached to an aromatic ring is 1. The zero-order valence-electron chi connectivity index (χ0n) is 7.47. The van der Waals surface area contributed by atoms with Gasteiger partial charge in [0.25, 0.3) is 0 Å². The third-order valence-electron chi connectivity index (χ3n) is 1.52. The van der Waals surface area contributed by atoms with E-state index in [2.05, 4.69) is 9.97 Å². The van der Waals surface area contributed by atoms with Gasteiger partial charge in [-0.1, -0.05) is 6.92 Å². The van der Waals surface area contributed by atoms with Crippen LogP contribution in [0.25, 0.3) is 0 Å². The Labute approximate surface area is 81.1 Å². The number of anilines is 1. The highest BCUT2D eigenvalue weighted by molar-refractivity contribution is 8.06. The molecule has 0 aliphatic carbocycles. The molecule has 14 heavy (non-hydrogen) atoms. The summed E-state index contributed by atoms with van der Waals surface area (Å²) in [6, 6.07) is 1.37. The maximum absolute atomic E-state index is 11.3. The van der Waals surface area contributed by atoms with E-state index in [0.29, 0.717) is 0 Å². The summed E-state index contributed by atoms with van der Waals surface area (Å²) in [5.74, 6) is -0.592. The molecule has 0 saturated carbocycles. The molecular weight excluding hydrogens is 206 g/mol. The van der Waals surface area contributed by atoms with Crippen molar-refractivity contribution < 1.29 is 13.2 Å². The van der Waals surface area contributed by atoms with Crippen molar-refractivity contribution in [3.63, 3.8) is 0 Å². The highest BCUT2D eigenvalue weighted by Gasteiger charge is 2.24. The van der Waals surface area contributed by atoms with E-state index in [9.17, 15) is 13.2 Å². The lowest BCUT2D eigenvalue weighted by atomic mass is 10.5. The first-order chi connectivity index (χ1) is 6.47. The van der Waals surface area contributed by atoms with Crippen LogP contribution < -0.4 is 5.73 Å². The van der Waals surface area contributed by atoms with Crippen molar-refractivity contribution in [3.8, 4) is 0 Å². The largest absolute Gasteiger partial charge is 0.384 e. The lowest BCUT2D eigenvalue weighted by Gasteiger charge is -1.98. The minimum Gasteiger partial charge on any atom is -0.384 e. The molecule has 0 fully saturated rings. The predicted octanol–water partition coefficient (Wildman–Crippen LogP) is -0.366. The standard InChI is InChI=1S/C7H9N3O3S/c1-2-14(12,13)7(11)6-9-4-3-5(8)10-6/h3-4H,2H2,1H3,(H2,8,9,10). The van der Waals surface area contributed by atoms with E-state index >= 15 is 0 Å². The molecule has 0 bridgehead atoms. The summed E-state index contributed by atoms with van der Waals surface area (Å²) >= 11 is 0. The fourth-order valence-electron chi connectivity index (χ4n) is 0.741. The summed E-state index contributed by atoms with van der Waals surface area (Å²) in [5, 5.41) is -1.09. The molecule has 7 heteroatoms. The number of nitrogens with two attached hydrogens (primary N) is 1. The van der Waals surface area contributed by atoms with E-state index in [0.717, 1.165) is 0 Å². The van der Waals surface area contributed by atoms with Crippen molar-refractivity contribution in [1.29, 1.82) is 0 Å². The third kappa shape index (κ3) is 2.05. The second-order valence-electron chi connectivity index (χ2n) is 2.50. The number of nitrogens with zero attached hydrogens (tertiary/aromatic N) is 2. The van der Waals surface area contributed by atoms with E-state index in [4.69, 9.17) is 5.73 Å². The quantitative estimate of drug-likeness (QED) is 0.722. The first-order valence-corrected chi connectivity index (χ1v) is 5.48. The first-order valence-electron chi connectivity index (χ1n) is 3.83. The normalized spacial score (nSPS) is 11.2. The van der Waals surface area contributed by atoms with Gasteiger partial charge in [0.15, 0.2) is 0 Å². The smallest absolute Gasteiger partial charge is 0.313 e. The second kappa shape index (κ2) is 3.70. The fraction of sp³-hybridized carbons (Fsp3) is 0.286. The maximum Gasteiger partial charge on any atom is 0.313 e. The molecule has 1 heterocycles. The molecule has 0 unspecified atom stereocenters. The Bertz CT molecular complexity index is 455. The molecule has 0 amide bonds. The van der Waals surface area contributed by atoms with Crippen molar-refractivity contribution in [2.75, 3.05) is 11.5 Å². The molecule has 76 valence electrons. The molecule has 0 aliphatic heterocycles. The third-order valence-corrected chi connectivity index (χ3v) is 3.03. The number of carbonyl (C=O) groups excluding carboxylic acids is 1. The number of carbonyl (C=O) groups is 1. The average Bonchev–Trinajstić information content (AvgIpc) is 2.16. The summed E-state index contributed by atoms with van der Waals surface area (Å²) in [6.45, 7) is 1.37. The van der Waals surface area contributed by atoms with Crippen LogP contribution in [0.2, 0.25) is 0 Å². The van der Waals surface area contributed by atoms with Gasteiger partial charge in [-0.15, -0.1) is 0 Å². The van der Waals surface area contributed by atoms with E-state index < -0.39 is 15.0 Å².